The maximum absolute atomic E-state index is 4.47. The summed E-state index contributed by atoms with van der Waals surface area (Å²) in [7, 11) is 0. The van der Waals surface area contributed by atoms with Gasteiger partial charge in [0, 0.05) is 19.0 Å². The van der Waals surface area contributed by atoms with Gasteiger partial charge in [0.25, 0.3) is 0 Å². The molecule has 0 aromatic rings. The van der Waals surface area contributed by atoms with Gasteiger partial charge in [-0.05, 0) is 31.1 Å². The molecule has 1 unspecified atom stereocenters. The summed E-state index contributed by atoms with van der Waals surface area (Å²) in [6.07, 6.45) is 5.26. The Hall–Kier alpha value is -0.530. The molecule has 0 aromatic heterocycles. The Morgan fingerprint density at radius 2 is 2.15 bits per heavy atom. The summed E-state index contributed by atoms with van der Waals surface area (Å²) in [4.78, 5) is 4.47. The molecule has 1 fully saturated rings. The van der Waals surface area contributed by atoms with Crippen LogP contribution in [0.25, 0.3) is 0 Å². The molecule has 1 aliphatic carbocycles. The molecule has 1 heterocycles. The van der Waals surface area contributed by atoms with Crippen LogP contribution in [0, 0.1) is 11.8 Å². The molecule has 74 valence electrons. The highest BCUT2D eigenvalue weighted by atomic mass is 15.0. The van der Waals surface area contributed by atoms with Crippen LogP contribution in [-0.4, -0.2) is 18.4 Å². The van der Waals surface area contributed by atoms with Gasteiger partial charge >= 0.3 is 0 Å². The lowest BCUT2D eigenvalue weighted by Crippen LogP contribution is -2.39. The third-order valence-electron chi connectivity index (χ3n) is 3.06. The fraction of sp³-hybridized carbons (Fsp3) is 0.909. The van der Waals surface area contributed by atoms with E-state index in [4.69, 9.17) is 0 Å². The van der Waals surface area contributed by atoms with Gasteiger partial charge in [0.1, 0.15) is 0 Å². The average molecular weight is 180 g/mol. The predicted molar refractivity (Wildman–Crippen MR) is 56.0 cm³/mol. The minimum absolute atomic E-state index is 0.692. The fourth-order valence-corrected chi connectivity index (χ4v) is 2.13. The van der Waals surface area contributed by atoms with Crippen LogP contribution in [-0.2, 0) is 0 Å². The summed E-state index contributed by atoms with van der Waals surface area (Å²) in [6, 6.07) is 0.692. The third-order valence-corrected chi connectivity index (χ3v) is 3.06. The van der Waals surface area contributed by atoms with Gasteiger partial charge in [-0.3, -0.25) is 4.99 Å². The van der Waals surface area contributed by atoms with Crippen molar-refractivity contribution < 1.29 is 0 Å². The second-order valence-corrected chi connectivity index (χ2v) is 4.68. The lowest BCUT2D eigenvalue weighted by molar-refractivity contribution is 0.408. The molecule has 0 spiro atoms. The van der Waals surface area contributed by atoms with Crippen molar-refractivity contribution in [1.29, 1.82) is 0 Å². The number of amidine groups is 1. The van der Waals surface area contributed by atoms with Crippen LogP contribution < -0.4 is 5.32 Å². The van der Waals surface area contributed by atoms with Crippen LogP contribution in [0.3, 0.4) is 0 Å². The summed E-state index contributed by atoms with van der Waals surface area (Å²) < 4.78 is 0. The molecule has 1 atom stereocenters. The van der Waals surface area contributed by atoms with E-state index in [1.54, 1.807) is 0 Å². The van der Waals surface area contributed by atoms with E-state index in [2.05, 4.69) is 24.2 Å². The second-order valence-electron chi connectivity index (χ2n) is 4.68. The zero-order chi connectivity index (χ0) is 9.26. The van der Waals surface area contributed by atoms with Crippen LogP contribution >= 0.6 is 0 Å². The standard InChI is InChI=1S/C11H20N2/c1-8(2)11(9-5-6-9)13-10-4-3-7-12-10/h8-9,11H,3-7H2,1-2H3,(H,12,13). The summed E-state index contributed by atoms with van der Waals surface area (Å²) >= 11 is 0. The minimum atomic E-state index is 0.692. The van der Waals surface area contributed by atoms with Crippen molar-refractivity contribution in [3.8, 4) is 0 Å². The fourth-order valence-electron chi connectivity index (χ4n) is 2.13. The van der Waals surface area contributed by atoms with Gasteiger partial charge in [-0.15, -0.1) is 0 Å². The van der Waals surface area contributed by atoms with E-state index < -0.39 is 0 Å². The van der Waals surface area contributed by atoms with Gasteiger partial charge in [-0.1, -0.05) is 13.8 Å². The Morgan fingerprint density at radius 3 is 2.62 bits per heavy atom. The molecular weight excluding hydrogens is 160 g/mol. The first-order valence-corrected chi connectivity index (χ1v) is 5.57. The molecule has 0 aromatic carbocycles. The number of hydrogen-bond acceptors (Lipinski definition) is 2. The minimum Gasteiger partial charge on any atom is -0.371 e. The van der Waals surface area contributed by atoms with Gasteiger partial charge in [0.15, 0.2) is 0 Å². The van der Waals surface area contributed by atoms with Crippen molar-refractivity contribution in [3.63, 3.8) is 0 Å². The Labute approximate surface area is 80.8 Å². The molecule has 2 nitrogen and oxygen atoms in total. The van der Waals surface area contributed by atoms with Crippen LogP contribution in [0.15, 0.2) is 4.99 Å². The second kappa shape index (κ2) is 3.69. The van der Waals surface area contributed by atoms with E-state index >= 15 is 0 Å². The largest absolute Gasteiger partial charge is 0.371 e. The normalized spacial score (nSPS) is 24.7. The highest BCUT2D eigenvalue weighted by Crippen LogP contribution is 2.35. The molecule has 13 heavy (non-hydrogen) atoms. The molecule has 2 aliphatic rings. The van der Waals surface area contributed by atoms with Crippen molar-refractivity contribution in [2.45, 2.75) is 45.6 Å². The first-order valence-electron chi connectivity index (χ1n) is 5.57. The molecule has 0 saturated heterocycles. The van der Waals surface area contributed by atoms with Crippen molar-refractivity contribution in [2.24, 2.45) is 16.8 Å². The quantitative estimate of drug-likeness (QED) is 0.707. The van der Waals surface area contributed by atoms with E-state index in [1.807, 2.05) is 0 Å². The number of hydrogen-bond donors (Lipinski definition) is 1. The molecule has 1 N–H and O–H groups in total. The van der Waals surface area contributed by atoms with Crippen LogP contribution in [0.2, 0.25) is 0 Å². The molecule has 2 rings (SSSR count). The Bertz CT molecular complexity index is 202. The van der Waals surface area contributed by atoms with Crippen molar-refractivity contribution in [3.05, 3.63) is 0 Å². The first kappa shape index (κ1) is 9.04. The highest BCUT2D eigenvalue weighted by molar-refractivity contribution is 5.83. The molecular formula is C11H20N2. The van der Waals surface area contributed by atoms with Crippen molar-refractivity contribution >= 4 is 5.84 Å². The van der Waals surface area contributed by atoms with Gasteiger partial charge in [0.2, 0.25) is 0 Å². The predicted octanol–water partition coefficient (Wildman–Crippen LogP) is 2.20. The topological polar surface area (TPSA) is 24.4 Å². The summed E-state index contributed by atoms with van der Waals surface area (Å²) in [5, 5.41) is 3.63. The third kappa shape index (κ3) is 2.23. The lowest BCUT2D eigenvalue weighted by atomic mass is 9.99. The number of aliphatic imine (C=N–C) groups is 1. The summed E-state index contributed by atoms with van der Waals surface area (Å²) in [6.45, 7) is 5.66. The van der Waals surface area contributed by atoms with Gasteiger partial charge < -0.3 is 5.32 Å². The van der Waals surface area contributed by atoms with Crippen LogP contribution in [0.4, 0.5) is 0 Å². The van der Waals surface area contributed by atoms with E-state index in [0.29, 0.717) is 6.04 Å². The number of nitrogens with zero attached hydrogens (tertiary/aromatic N) is 1. The molecule has 2 heteroatoms. The van der Waals surface area contributed by atoms with Crippen molar-refractivity contribution in [1.82, 2.24) is 5.32 Å². The van der Waals surface area contributed by atoms with E-state index in [9.17, 15) is 0 Å². The average Bonchev–Trinajstić information content (AvgIpc) is 2.79. The van der Waals surface area contributed by atoms with Gasteiger partial charge in [-0.2, -0.15) is 0 Å². The van der Waals surface area contributed by atoms with Crippen molar-refractivity contribution in [2.75, 3.05) is 6.54 Å². The Kier molecular flexibility index (Phi) is 2.56. The SMILES string of the molecule is CC(C)C(NC1=NCCC1)C1CC1. The smallest absolute Gasteiger partial charge is 0.0966 e. The molecule has 0 amide bonds. The zero-order valence-electron chi connectivity index (χ0n) is 8.71. The van der Waals surface area contributed by atoms with E-state index in [1.165, 1.54) is 31.5 Å². The van der Waals surface area contributed by atoms with E-state index in [-0.39, 0.29) is 0 Å². The Morgan fingerprint density at radius 1 is 1.38 bits per heavy atom. The summed E-state index contributed by atoms with van der Waals surface area (Å²) in [5.41, 5.74) is 0. The maximum Gasteiger partial charge on any atom is 0.0966 e. The lowest BCUT2D eigenvalue weighted by Gasteiger charge is -2.23. The number of rotatable bonds is 3. The highest BCUT2D eigenvalue weighted by Gasteiger charge is 2.33. The monoisotopic (exact) mass is 180 g/mol. The van der Waals surface area contributed by atoms with Crippen LogP contribution in [0.5, 0.6) is 0 Å². The van der Waals surface area contributed by atoms with E-state index in [0.717, 1.165) is 18.4 Å². The summed E-state index contributed by atoms with van der Waals surface area (Å²) in [5.74, 6) is 2.95. The van der Waals surface area contributed by atoms with Gasteiger partial charge in [-0.25, -0.2) is 0 Å². The molecule has 1 saturated carbocycles. The molecule has 0 radical (unpaired) electrons. The van der Waals surface area contributed by atoms with Crippen LogP contribution in [0.1, 0.15) is 39.5 Å². The zero-order valence-corrected chi connectivity index (χ0v) is 8.71. The van der Waals surface area contributed by atoms with Gasteiger partial charge in [0.05, 0.1) is 5.84 Å². The first-order chi connectivity index (χ1) is 6.27. The maximum atomic E-state index is 4.47. The Balaban J connectivity index is 1.88. The molecule has 0 bridgehead atoms. The molecule has 1 aliphatic heterocycles. The number of nitrogens with one attached hydrogen (secondary N) is 1.